The maximum Gasteiger partial charge on any atom is 0.242 e. The molecule has 1 fully saturated rings. The second-order valence-electron chi connectivity index (χ2n) is 8.92. The van der Waals surface area contributed by atoms with Crippen molar-refractivity contribution in [3.63, 3.8) is 0 Å². The van der Waals surface area contributed by atoms with E-state index in [0.29, 0.717) is 38.0 Å². The highest BCUT2D eigenvalue weighted by Gasteiger charge is 2.23. The van der Waals surface area contributed by atoms with Crippen LogP contribution in [0, 0.1) is 6.92 Å². The Bertz CT molecular complexity index is 1290. The molecule has 1 saturated heterocycles. The number of aromatic nitrogens is 2. The molecule has 1 amide bonds. The molecule has 1 aliphatic rings. The summed E-state index contributed by atoms with van der Waals surface area (Å²) in [5, 5.41) is 0. The molecule has 0 saturated carbocycles. The first kappa shape index (κ1) is 24.2. The third kappa shape index (κ3) is 4.81. The van der Waals surface area contributed by atoms with Gasteiger partial charge in [0.1, 0.15) is 5.82 Å². The number of benzene rings is 2. The van der Waals surface area contributed by atoms with Gasteiger partial charge in [0.2, 0.25) is 15.9 Å². The Morgan fingerprint density at radius 3 is 2.44 bits per heavy atom. The molecule has 0 radical (unpaired) electrons. The number of fused-ring (bicyclic) bond motifs is 1. The van der Waals surface area contributed by atoms with Gasteiger partial charge in [-0.15, -0.1) is 0 Å². The second-order valence-corrected chi connectivity index (χ2v) is 11.1. The van der Waals surface area contributed by atoms with Crippen molar-refractivity contribution < 1.29 is 13.2 Å². The highest BCUT2D eigenvalue weighted by atomic mass is 32.2. The number of nitrogens with zero attached hydrogens (tertiary/aromatic N) is 5. The van der Waals surface area contributed by atoms with Gasteiger partial charge in [-0.3, -0.25) is 4.79 Å². The molecule has 9 heteroatoms. The molecular formula is C25H33N5O3S. The van der Waals surface area contributed by atoms with E-state index in [-0.39, 0.29) is 10.8 Å². The van der Waals surface area contributed by atoms with Crippen LogP contribution in [0.1, 0.15) is 24.7 Å². The zero-order valence-electron chi connectivity index (χ0n) is 20.4. The van der Waals surface area contributed by atoms with Crippen LogP contribution < -0.4 is 4.90 Å². The van der Waals surface area contributed by atoms with E-state index in [9.17, 15) is 13.2 Å². The first-order chi connectivity index (χ1) is 16.2. The minimum Gasteiger partial charge on any atom is -0.368 e. The summed E-state index contributed by atoms with van der Waals surface area (Å²) in [6.07, 6.45) is 0.909. The second kappa shape index (κ2) is 9.76. The van der Waals surface area contributed by atoms with E-state index in [1.165, 1.54) is 29.7 Å². The number of hydrogen-bond acceptors (Lipinski definition) is 5. The molecule has 0 bridgehead atoms. The maximum atomic E-state index is 12.9. The molecular weight excluding hydrogens is 450 g/mol. The molecule has 2 aromatic carbocycles. The van der Waals surface area contributed by atoms with E-state index in [2.05, 4.69) is 40.7 Å². The Morgan fingerprint density at radius 1 is 1.06 bits per heavy atom. The molecule has 3 aromatic rings. The van der Waals surface area contributed by atoms with Gasteiger partial charge in [-0.25, -0.2) is 17.7 Å². The predicted octanol–water partition coefficient (Wildman–Crippen LogP) is 2.90. The lowest BCUT2D eigenvalue weighted by molar-refractivity contribution is -0.131. The molecule has 0 aliphatic carbocycles. The zero-order chi connectivity index (χ0) is 24.5. The largest absolute Gasteiger partial charge is 0.368 e. The zero-order valence-corrected chi connectivity index (χ0v) is 21.2. The van der Waals surface area contributed by atoms with Gasteiger partial charge in [-0.2, -0.15) is 0 Å². The first-order valence-corrected chi connectivity index (χ1v) is 13.2. The molecule has 8 nitrogen and oxygen atoms in total. The van der Waals surface area contributed by atoms with Gasteiger partial charge in [0, 0.05) is 65.3 Å². The van der Waals surface area contributed by atoms with Crippen LogP contribution in [-0.2, 0) is 27.8 Å². The number of aryl methyl sites for hydroxylation is 3. The van der Waals surface area contributed by atoms with Crippen molar-refractivity contribution >= 4 is 32.7 Å². The summed E-state index contributed by atoms with van der Waals surface area (Å²) in [5.74, 6) is 0.943. The van der Waals surface area contributed by atoms with E-state index in [4.69, 9.17) is 4.98 Å². The van der Waals surface area contributed by atoms with Crippen LogP contribution in [0.15, 0.2) is 47.4 Å². The number of piperazine rings is 1. The fourth-order valence-corrected chi connectivity index (χ4v) is 5.41. The van der Waals surface area contributed by atoms with Gasteiger partial charge in [0.25, 0.3) is 0 Å². The van der Waals surface area contributed by atoms with E-state index in [1.807, 2.05) is 11.8 Å². The fraction of sp³-hybridized carbons (Fsp3) is 0.440. The van der Waals surface area contributed by atoms with Gasteiger partial charge >= 0.3 is 0 Å². The molecule has 1 aliphatic heterocycles. The summed E-state index contributed by atoms with van der Waals surface area (Å²) in [7, 11) is -0.495. The lowest BCUT2D eigenvalue weighted by atomic mass is 10.2. The van der Waals surface area contributed by atoms with Gasteiger partial charge < -0.3 is 14.4 Å². The van der Waals surface area contributed by atoms with E-state index in [1.54, 1.807) is 18.2 Å². The van der Waals surface area contributed by atoms with E-state index in [0.717, 1.165) is 24.4 Å². The Labute approximate surface area is 201 Å². The van der Waals surface area contributed by atoms with Crippen molar-refractivity contribution in [2.45, 2.75) is 38.1 Å². The summed E-state index contributed by atoms with van der Waals surface area (Å²) in [6.45, 7) is 7.90. The minimum atomic E-state index is -3.53. The van der Waals surface area contributed by atoms with Crippen molar-refractivity contribution in [3.8, 4) is 0 Å². The van der Waals surface area contributed by atoms with Gasteiger partial charge in [0.05, 0.1) is 15.9 Å². The molecule has 0 spiro atoms. The van der Waals surface area contributed by atoms with Crippen molar-refractivity contribution in [3.05, 3.63) is 53.9 Å². The summed E-state index contributed by atoms with van der Waals surface area (Å²) in [6, 6.07) is 13.5. The Morgan fingerprint density at radius 2 is 1.79 bits per heavy atom. The third-order valence-electron chi connectivity index (χ3n) is 6.46. The number of sulfonamides is 1. The van der Waals surface area contributed by atoms with Gasteiger partial charge in [0.15, 0.2) is 0 Å². The maximum absolute atomic E-state index is 12.9. The smallest absolute Gasteiger partial charge is 0.242 e. The molecule has 0 atom stereocenters. The fourth-order valence-electron chi connectivity index (χ4n) is 4.49. The predicted molar refractivity (Wildman–Crippen MR) is 135 cm³/mol. The molecule has 34 heavy (non-hydrogen) atoms. The number of carbonyl (C=O) groups is 1. The average molecular weight is 484 g/mol. The summed E-state index contributed by atoms with van der Waals surface area (Å²) in [5.41, 5.74) is 3.97. The highest BCUT2D eigenvalue weighted by molar-refractivity contribution is 7.89. The lowest BCUT2D eigenvalue weighted by Gasteiger charge is -2.36. The van der Waals surface area contributed by atoms with Crippen molar-refractivity contribution in [2.24, 2.45) is 0 Å². The first-order valence-electron chi connectivity index (χ1n) is 11.7. The number of carbonyl (C=O) groups excluding carboxylic acids is 1. The summed E-state index contributed by atoms with van der Waals surface area (Å²) < 4.78 is 28.2. The third-order valence-corrected chi connectivity index (χ3v) is 8.27. The van der Waals surface area contributed by atoms with Crippen LogP contribution in [0.5, 0.6) is 0 Å². The number of anilines is 1. The Kier molecular flexibility index (Phi) is 6.95. The number of imidazole rings is 1. The number of amides is 1. The number of rotatable bonds is 7. The van der Waals surface area contributed by atoms with Crippen molar-refractivity contribution in [1.82, 2.24) is 18.8 Å². The van der Waals surface area contributed by atoms with E-state index < -0.39 is 10.0 Å². The topological polar surface area (TPSA) is 78.8 Å². The molecule has 2 heterocycles. The monoisotopic (exact) mass is 483 g/mol. The van der Waals surface area contributed by atoms with Crippen LogP contribution in [0.25, 0.3) is 11.0 Å². The van der Waals surface area contributed by atoms with Crippen LogP contribution in [-0.4, -0.2) is 73.4 Å². The van der Waals surface area contributed by atoms with Gasteiger partial charge in [-0.05, 0) is 49.7 Å². The average Bonchev–Trinajstić information content (AvgIpc) is 3.19. The molecule has 0 unspecified atom stereocenters. The summed E-state index contributed by atoms with van der Waals surface area (Å²) in [4.78, 5) is 22.1. The van der Waals surface area contributed by atoms with Crippen LogP contribution in [0.4, 0.5) is 5.69 Å². The Balaban J connectivity index is 1.42. The van der Waals surface area contributed by atoms with Crippen molar-refractivity contribution in [1.29, 1.82) is 0 Å². The molecule has 4 rings (SSSR count). The lowest BCUT2D eigenvalue weighted by Crippen LogP contribution is -2.48. The van der Waals surface area contributed by atoms with Crippen LogP contribution >= 0.6 is 0 Å². The molecule has 1 aromatic heterocycles. The van der Waals surface area contributed by atoms with Gasteiger partial charge in [-0.1, -0.05) is 12.1 Å². The van der Waals surface area contributed by atoms with Crippen LogP contribution in [0.3, 0.4) is 0 Å². The molecule has 182 valence electrons. The highest BCUT2D eigenvalue weighted by Crippen LogP contribution is 2.23. The van der Waals surface area contributed by atoms with Crippen LogP contribution in [0.2, 0.25) is 0 Å². The SMILES string of the molecule is CCn1c(CCC(=O)N2CCN(c3cccc(C)c3)CC2)nc2cc(S(=O)(=O)N(C)C)ccc21. The molecule has 0 N–H and O–H groups in total. The summed E-state index contributed by atoms with van der Waals surface area (Å²) >= 11 is 0. The van der Waals surface area contributed by atoms with Crippen molar-refractivity contribution in [2.75, 3.05) is 45.2 Å². The Hall–Kier alpha value is -2.91. The quantitative estimate of drug-likeness (QED) is 0.516. The minimum absolute atomic E-state index is 0.134. The normalized spacial score (nSPS) is 14.9. The standard InChI is InChI=1S/C25H33N5O3S/c1-5-30-23-10-9-21(34(32,33)27(3)4)18-22(23)26-24(30)11-12-25(31)29-15-13-28(14-16-29)20-8-6-7-19(2)17-20/h6-10,17-18H,5,11-16H2,1-4H3. The number of hydrogen-bond donors (Lipinski definition) is 0. The van der Waals surface area contributed by atoms with E-state index >= 15 is 0 Å².